The predicted molar refractivity (Wildman–Crippen MR) is 119 cm³/mol. The van der Waals surface area contributed by atoms with E-state index in [9.17, 15) is 35.1 Å². The highest BCUT2D eigenvalue weighted by atomic mass is 16.7. The van der Waals surface area contributed by atoms with Crippen molar-refractivity contribution in [1.29, 1.82) is 0 Å². The van der Waals surface area contributed by atoms with Crippen LogP contribution in [0.4, 0.5) is 0 Å². The zero-order valence-corrected chi connectivity index (χ0v) is 19.3. The lowest BCUT2D eigenvalue weighted by molar-refractivity contribution is -0.269. The lowest BCUT2D eigenvalue weighted by atomic mass is 9.96. The Morgan fingerprint density at radius 2 is 1.71 bits per heavy atom. The summed E-state index contributed by atoms with van der Waals surface area (Å²) in [5, 5.41) is 52.0. The van der Waals surface area contributed by atoms with Crippen LogP contribution in [0.1, 0.15) is 55.3 Å². The van der Waals surface area contributed by atoms with Gasteiger partial charge >= 0.3 is 5.97 Å². The molecule has 192 valence electrons. The number of carbonyl (C=O) groups is 2. The minimum atomic E-state index is -1.49. The summed E-state index contributed by atoms with van der Waals surface area (Å²) in [6.45, 7) is -0.298. The minimum Gasteiger partial charge on any atom is -0.508 e. The van der Waals surface area contributed by atoms with Gasteiger partial charge in [-0.25, -0.2) is 0 Å². The molecule has 1 aliphatic heterocycles. The highest BCUT2D eigenvalue weighted by molar-refractivity contribution is 5.97. The normalized spacial score (nSPS) is 24.5. The molecule has 5 atom stereocenters. The molecular formula is C23H35NO10. The maximum absolute atomic E-state index is 12.6. The molecule has 1 aliphatic rings. The highest BCUT2D eigenvalue weighted by Crippen LogP contribution is 2.26. The number of unbranched alkanes of at least 4 members (excludes halogenated alkanes) is 5. The first-order chi connectivity index (χ1) is 16.3. The van der Waals surface area contributed by atoms with Crippen molar-refractivity contribution in [3.63, 3.8) is 0 Å². The van der Waals surface area contributed by atoms with Crippen LogP contribution in [0.25, 0.3) is 0 Å². The van der Waals surface area contributed by atoms with Crippen LogP contribution in [0, 0.1) is 0 Å². The van der Waals surface area contributed by atoms with Gasteiger partial charge < -0.3 is 45.1 Å². The Morgan fingerprint density at radius 3 is 2.35 bits per heavy atom. The van der Waals surface area contributed by atoms with Gasteiger partial charge in [-0.05, 0) is 25.0 Å². The summed E-state index contributed by atoms with van der Waals surface area (Å²) in [7, 11) is 1.37. The zero-order chi connectivity index (χ0) is 25.1. The molecule has 1 saturated heterocycles. The number of amides is 1. The van der Waals surface area contributed by atoms with Gasteiger partial charge in [0.2, 0.25) is 0 Å². The van der Waals surface area contributed by atoms with E-state index in [1.165, 1.54) is 19.2 Å². The number of aliphatic hydroxyl groups excluding tert-OH is 3. The maximum Gasteiger partial charge on any atom is 0.305 e. The molecule has 0 radical (unpaired) electrons. The number of ether oxygens (including phenoxy) is 3. The van der Waals surface area contributed by atoms with E-state index in [-0.39, 0.29) is 23.9 Å². The van der Waals surface area contributed by atoms with E-state index >= 15 is 0 Å². The molecule has 34 heavy (non-hydrogen) atoms. The number of aromatic hydroxyl groups is 2. The Morgan fingerprint density at radius 1 is 1.03 bits per heavy atom. The Bertz CT molecular complexity index is 789. The third-order valence-electron chi connectivity index (χ3n) is 5.69. The number of methoxy groups -OCH3 is 1. The van der Waals surface area contributed by atoms with Crippen molar-refractivity contribution in [2.75, 3.05) is 20.3 Å². The fraction of sp³-hybridized carbons (Fsp3) is 0.652. The van der Waals surface area contributed by atoms with Crippen molar-refractivity contribution in [2.45, 2.75) is 75.6 Å². The summed E-state index contributed by atoms with van der Waals surface area (Å²) >= 11 is 0. The van der Waals surface area contributed by atoms with Crippen LogP contribution in [0.2, 0.25) is 0 Å². The van der Waals surface area contributed by atoms with Gasteiger partial charge in [-0.1, -0.05) is 25.7 Å². The first kappa shape index (κ1) is 27.8. The fourth-order valence-electron chi connectivity index (χ4n) is 3.70. The Hall–Kier alpha value is -2.44. The van der Waals surface area contributed by atoms with Crippen molar-refractivity contribution < 1.29 is 49.3 Å². The van der Waals surface area contributed by atoms with Gasteiger partial charge in [0.05, 0.1) is 19.3 Å². The fourth-order valence-corrected chi connectivity index (χ4v) is 3.70. The quantitative estimate of drug-likeness (QED) is 0.171. The third-order valence-corrected chi connectivity index (χ3v) is 5.69. The predicted octanol–water partition coefficient (Wildman–Crippen LogP) is 0.555. The van der Waals surface area contributed by atoms with Gasteiger partial charge in [-0.2, -0.15) is 0 Å². The summed E-state index contributed by atoms with van der Waals surface area (Å²) in [5.74, 6) is -1.65. The monoisotopic (exact) mass is 485 g/mol. The van der Waals surface area contributed by atoms with Crippen molar-refractivity contribution >= 4 is 11.9 Å². The standard InChI is InChI=1S/C23H35NO10/c1-32-18(28)8-6-4-2-3-5-7-11-33-23-19(21(30)20(29)17(13-25)34-23)24-22(31)15-10-9-14(26)12-16(15)27/h9-10,12,17,19-21,23,25-27,29-30H,2-8,11,13H2,1H3,(H,24,31)/t17?,19?,20-,21?,23+/m0/s1. The molecule has 0 aliphatic carbocycles. The molecular weight excluding hydrogens is 450 g/mol. The number of aliphatic hydroxyl groups is 3. The number of phenolic OH excluding ortho intramolecular Hbond substituents is 2. The second-order valence-corrected chi connectivity index (χ2v) is 8.23. The van der Waals surface area contributed by atoms with E-state index in [1.807, 2.05) is 0 Å². The van der Waals surface area contributed by atoms with Gasteiger partial charge in [0.1, 0.15) is 35.9 Å². The molecule has 1 aromatic carbocycles. The molecule has 11 heteroatoms. The van der Waals surface area contributed by atoms with Crippen LogP contribution in [0.5, 0.6) is 11.5 Å². The molecule has 2 rings (SSSR count). The molecule has 1 heterocycles. The van der Waals surface area contributed by atoms with E-state index in [0.717, 1.165) is 38.2 Å². The van der Waals surface area contributed by atoms with E-state index in [0.29, 0.717) is 12.8 Å². The summed E-state index contributed by atoms with van der Waals surface area (Å²) in [5.41, 5.74) is -0.144. The van der Waals surface area contributed by atoms with Crippen LogP contribution in [-0.2, 0) is 19.0 Å². The molecule has 0 bridgehead atoms. The number of nitrogens with one attached hydrogen (secondary N) is 1. The lowest BCUT2D eigenvalue weighted by Gasteiger charge is -2.42. The van der Waals surface area contributed by atoms with Gasteiger partial charge in [-0.15, -0.1) is 0 Å². The number of rotatable bonds is 13. The van der Waals surface area contributed by atoms with Gasteiger partial charge in [0.15, 0.2) is 6.29 Å². The lowest BCUT2D eigenvalue weighted by Crippen LogP contribution is -2.64. The molecule has 1 aromatic rings. The average molecular weight is 486 g/mol. The van der Waals surface area contributed by atoms with Crippen LogP contribution in [0.3, 0.4) is 0 Å². The first-order valence-corrected chi connectivity index (χ1v) is 11.4. The minimum absolute atomic E-state index is 0.144. The maximum atomic E-state index is 12.6. The second-order valence-electron chi connectivity index (χ2n) is 8.23. The summed E-state index contributed by atoms with van der Waals surface area (Å²) in [4.78, 5) is 23.7. The number of phenols is 2. The van der Waals surface area contributed by atoms with Crippen LogP contribution >= 0.6 is 0 Å². The molecule has 0 saturated carbocycles. The van der Waals surface area contributed by atoms with Gasteiger partial charge in [0, 0.05) is 19.1 Å². The van der Waals surface area contributed by atoms with E-state index in [1.54, 1.807) is 0 Å². The number of carbonyl (C=O) groups excluding carboxylic acids is 2. The second kappa shape index (κ2) is 14.1. The molecule has 1 amide bonds. The highest BCUT2D eigenvalue weighted by Gasteiger charge is 2.45. The van der Waals surface area contributed by atoms with E-state index in [2.05, 4.69) is 10.1 Å². The molecule has 6 N–H and O–H groups in total. The summed E-state index contributed by atoms with van der Waals surface area (Å²) in [6, 6.07) is 2.27. The Kier molecular flexibility index (Phi) is 11.5. The number of benzene rings is 1. The third kappa shape index (κ3) is 8.10. The topological polar surface area (TPSA) is 175 Å². The Balaban J connectivity index is 1.86. The summed E-state index contributed by atoms with van der Waals surface area (Å²) < 4.78 is 15.9. The average Bonchev–Trinajstić information content (AvgIpc) is 2.81. The van der Waals surface area contributed by atoms with Crippen molar-refractivity contribution in [3.05, 3.63) is 23.8 Å². The molecule has 1 fully saturated rings. The first-order valence-electron chi connectivity index (χ1n) is 11.4. The summed E-state index contributed by atoms with van der Waals surface area (Å²) in [6.07, 6.45) is 0.360. The smallest absolute Gasteiger partial charge is 0.305 e. The molecule has 3 unspecified atom stereocenters. The molecule has 0 spiro atoms. The SMILES string of the molecule is COC(=O)CCCCCCCCO[C@@H]1OC(CO)[C@H](O)C(O)C1NC(=O)c1ccc(O)cc1O. The van der Waals surface area contributed by atoms with Crippen LogP contribution in [0.15, 0.2) is 18.2 Å². The van der Waals surface area contributed by atoms with Crippen molar-refractivity contribution in [3.8, 4) is 11.5 Å². The van der Waals surface area contributed by atoms with Crippen LogP contribution in [-0.4, -0.2) is 88.4 Å². The number of esters is 1. The number of hydrogen-bond donors (Lipinski definition) is 6. The van der Waals surface area contributed by atoms with E-state index in [4.69, 9.17) is 9.47 Å². The zero-order valence-electron chi connectivity index (χ0n) is 19.3. The van der Waals surface area contributed by atoms with E-state index < -0.39 is 48.9 Å². The van der Waals surface area contributed by atoms with Crippen molar-refractivity contribution in [1.82, 2.24) is 5.32 Å². The van der Waals surface area contributed by atoms with Crippen molar-refractivity contribution in [2.24, 2.45) is 0 Å². The molecule has 0 aromatic heterocycles. The molecule has 11 nitrogen and oxygen atoms in total. The largest absolute Gasteiger partial charge is 0.508 e. The van der Waals surface area contributed by atoms with Crippen LogP contribution < -0.4 is 5.32 Å². The number of hydrogen-bond acceptors (Lipinski definition) is 10. The van der Waals surface area contributed by atoms with Gasteiger partial charge in [-0.3, -0.25) is 9.59 Å². The van der Waals surface area contributed by atoms with Gasteiger partial charge in [0.25, 0.3) is 5.91 Å². The Labute approximate surface area is 198 Å².